The molecule has 0 radical (unpaired) electrons. The van der Waals surface area contributed by atoms with Crippen molar-refractivity contribution in [3.8, 4) is 11.6 Å². The molecule has 1 saturated heterocycles. The third-order valence-electron chi connectivity index (χ3n) is 5.55. The van der Waals surface area contributed by atoms with Crippen LogP contribution in [0, 0.1) is 0 Å². The normalized spacial score (nSPS) is 20.2. The summed E-state index contributed by atoms with van der Waals surface area (Å²) in [4.78, 5) is 29.4. The molecular weight excluding hydrogens is 358 g/mol. The summed E-state index contributed by atoms with van der Waals surface area (Å²) in [6, 6.07) is 8.27. The number of carbonyl (C=O) groups is 2. The minimum absolute atomic E-state index is 0.258. The Kier molecular flexibility index (Phi) is 4.55. The lowest BCUT2D eigenvalue weighted by Crippen LogP contribution is -2.30. The fraction of sp³-hybridized carbons (Fsp3) is 0.381. The summed E-state index contributed by atoms with van der Waals surface area (Å²) in [6.45, 7) is 6.52. The molecule has 2 aromatic rings. The summed E-state index contributed by atoms with van der Waals surface area (Å²) in [5.74, 6) is 0.773. The molecule has 0 spiro atoms. The first kappa shape index (κ1) is 18.4. The number of carbonyl (C=O) groups excluding carboxylic acids is 2. The molecule has 2 aliphatic rings. The standard InChI is InChI=1S/C21H23N3O4/c1-4-21(5-2)17-10-16(8-6-14(17)12-27-21)28-18-9-7-15(11-22-18)24-19(25)13(3)23-20(24)26/h6-11,13H,4-5,12H2,1-3H3,(H,23,26)/t13-/m0/s1. The van der Waals surface area contributed by atoms with E-state index in [0.29, 0.717) is 23.9 Å². The highest BCUT2D eigenvalue weighted by Crippen LogP contribution is 2.43. The Morgan fingerprint density at radius 2 is 2.04 bits per heavy atom. The number of aromatic nitrogens is 1. The summed E-state index contributed by atoms with van der Waals surface area (Å²) in [5.41, 5.74) is 2.51. The van der Waals surface area contributed by atoms with Crippen LogP contribution in [0.2, 0.25) is 0 Å². The third kappa shape index (κ3) is 2.92. The number of hydrogen-bond donors (Lipinski definition) is 1. The van der Waals surface area contributed by atoms with Crippen LogP contribution in [0.15, 0.2) is 36.5 Å². The van der Waals surface area contributed by atoms with E-state index in [-0.39, 0.29) is 11.5 Å². The number of hydrogen-bond acceptors (Lipinski definition) is 5. The zero-order chi connectivity index (χ0) is 19.9. The van der Waals surface area contributed by atoms with Gasteiger partial charge in [-0.15, -0.1) is 0 Å². The Hall–Kier alpha value is -2.93. The molecule has 1 aromatic heterocycles. The van der Waals surface area contributed by atoms with Crippen LogP contribution < -0.4 is 15.0 Å². The van der Waals surface area contributed by atoms with Gasteiger partial charge in [0.1, 0.15) is 11.8 Å². The number of rotatable bonds is 5. The predicted octanol–water partition coefficient (Wildman–Crippen LogP) is 3.86. The van der Waals surface area contributed by atoms with Gasteiger partial charge < -0.3 is 14.8 Å². The second-order valence-corrected chi connectivity index (χ2v) is 7.11. The number of imide groups is 1. The van der Waals surface area contributed by atoms with Crippen LogP contribution in [-0.4, -0.2) is 23.0 Å². The molecular formula is C21H23N3O4. The highest BCUT2D eigenvalue weighted by Gasteiger charge is 2.37. The molecule has 7 heteroatoms. The van der Waals surface area contributed by atoms with E-state index in [2.05, 4.69) is 24.1 Å². The van der Waals surface area contributed by atoms with Crippen LogP contribution in [0.25, 0.3) is 0 Å². The van der Waals surface area contributed by atoms with Gasteiger partial charge in [0, 0.05) is 6.07 Å². The molecule has 0 unspecified atom stereocenters. The number of ether oxygens (including phenoxy) is 2. The van der Waals surface area contributed by atoms with Gasteiger partial charge in [-0.2, -0.15) is 0 Å². The second kappa shape index (κ2) is 6.91. The van der Waals surface area contributed by atoms with E-state index < -0.39 is 12.1 Å². The predicted molar refractivity (Wildman–Crippen MR) is 103 cm³/mol. The first-order valence-electron chi connectivity index (χ1n) is 9.53. The lowest BCUT2D eigenvalue weighted by Gasteiger charge is -2.27. The van der Waals surface area contributed by atoms with Crippen LogP contribution in [-0.2, 0) is 21.7 Å². The fourth-order valence-electron chi connectivity index (χ4n) is 3.83. The van der Waals surface area contributed by atoms with Gasteiger partial charge in [-0.05, 0) is 49.1 Å². The zero-order valence-electron chi connectivity index (χ0n) is 16.2. The number of nitrogens with zero attached hydrogens (tertiary/aromatic N) is 2. The van der Waals surface area contributed by atoms with Crippen molar-refractivity contribution in [3.63, 3.8) is 0 Å². The first-order valence-corrected chi connectivity index (χ1v) is 9.53. The first-order chi connectivity index (χ1) is 13.5. The number of urea groups is 1. The Labute approximate surface area is 163 Å². The van der Waals surface area contributed by atoms with Crippen molar-refractivity contribution in [1.82, 2.24) is 10.3 Å². The van der Waals surface area contributed by atoms with Crippen LogP contribution in [0.3, 0.4) is 0 Å². The van der Waals surface area contributed by atoms with E-state index in [1.54, 1.807) is 19.1 Å². The maximum atomic E-state index is 12.1. The van der Waals surface area contributed by atoms with Gasteiger partial charge in [0.05, 0.1) is 24.1 Å². The third-order valence-corrected chi connectivity index (χ3v) is 5.55. The van der Waals surface area contributed by atoms with Gasteiger partial charge in [-0.3, -0.25) is 4.79 Å². The monoisotopic (exact) mass is 381 g/mol. The van der Waals surface area contributed by atoms with Crippen molar-refractivity contribution >= 4 is 17.6 Å². The molecule has 1 N–H and O–H groups in total. The molecule has 1 aromatic carbocycles. The highest BCUT2D eigenvalue weighted by molar-refractivity contribution is 6.21. The molecule has 0 saturated carbocycles. The van der Waals surface area contributed by atoms with Crippen molar-refractivity contribution in [2.75, 3.05) is 4.90 Å². The van der Waals surface area contributed by atoms with Gasteiger partial charge in [0.15, 0.2) is 0 Å². The molecule has 3 amide bonds. The fourth-order valence-corrected chi connectivity index (χ4v) is 3.83. The summed E-state index contributed by atoms with van der Waals surface area (Å²) in [6.07, 6.45) is 3.26. The van der Waals surface area contributed by atoms with Gasteiger partial charge in [0.2, 0.25) is 5.88 Å². The Bertz CT molecular complexity index is 922. The van der Waals surface area contributed by atoms with E-state index >= 15 is 0 Å². The molecule has 1 atom stereocenters. The second-order valence-electron chi connectivity index (χ2n) is 7.11. The Morgan fingerprint density at radius 3 is 2.64 bits per heavy atom. The van der Waals surface area contributed by atoms with E-state index in [1.165, 1.54) is 17.3 Å². The maximum Gasteiger partial charge on any atom is 0.329 e. The van der Waals surface area contributed by atoms with E-state index in [1.807, 2.05) is 18.2 Å². The Morgan fingerprint density at radius 1 is 1.25 bits per heavy atom. The summed E-state index contributed by atoms with van der Waals surface area (Å²) < 4.78 is 12.0. The lowest BCUT2D eigenvalue weighted by atomic mass is 9.87. The number of pyridine rings is 1. The van der Waals surface area contributed by atoms with E-state index in [0.717, 1.165) is 17.7 Å². The minimum atomic E-state index is -0.533. The molecule has 0 bridgehead atoms. The van der Waals surface area contributed by atoms with E-state index in [9.17, 15) is 9.59 Å². The quantitative estimate of drug-likeness (QED) is 0.796. The van der Waals surface area contributed by atoms with Crippen LogP contribution in [0.1, 0.15) is 44.7 Å². The number of fused-ring (bicyclic) bond motifs is 1. The molecule has 1 fully saturated rings. The summed E-state index contributed by atoms with van der Waals surface area (Å²) in [7, 11) is 0. The minimum Gasteiger partial charge on any atom is -0.439 e. The van der Waals surface area contributed by atoms with Crippen molar-refractivity contribution in [1.29, 1.82) is 0 Å². The molecule has 7 nitrogen and oxygen atoms in total. The van der Waals surface area contributed by atoms with Crippen molar-refractivity contribution in [2.45, 2.75) is 51.9 Å². The Balaban J connectivity index is 1.55. The topological polar surface area (TPSA) is 80.8 Å². The van der Waals surface area contributed by atoms with E-state index in [4.69, 9.17) is 9.47 Å². The molecule has 146 valence electrons. The summed E-state index contributed by atoms with van der Waals surface area (Å²) in [5, 5.41) is 2.58. The highest BCUT2D eigenvalue weighted by atomic mass is 16.5. The molecule has 28 heavy (non-hydrogen) atoms. The number of nitrogens with one attached hydrogen (secondary N) is 1. The number of amides is 3. The number of anilines is 1. The number of benzene rings is 1. The van der Waals surface area contributed by atoms with Crippen molar-refractivity contribution in [3.05, 3.63) is 47.7 Å². The zero-order valence-corrected chi connectivity index (χ0v) is 16.2. The van der Waals surface area contributed by atoms with Gasteiger partial charge in [-0.1, -0.05) is 19.9 Å². The molecule has 4 rings (SSSR count). The molecule has 0 aliphatic carbocycles. The van der Waals surface area contributed by atoms with Crippen LogP contribution in [0.4, 0.5) is 10.5 Å². The van der Waals surface area contributed by atoms with Crippen molar-refractivity contribution < 1.29 is 19.1 Å². The maximum absolute atomic E-state index is 12.1. The smallest absolute Gasteiger partial charge is 0.329 e. The average Bonchev–Trinajstić information content (AvgIpc) is 3.19. The lowest BCUT2D eigenvalue weighted by molar-refractivity contribution is -0.117. The summed E-state index contributed by atoms with van der Waals surface area (Å²) >= 11 is 0. The average molecular weight is 381 g/mol. The van der Waals surface area contributed by atoms with Crippen LogP contribution >= 0.6 is 0 Å². The van der Waals surface area contributed by atoms with Crippen molar-refractivity contribution in [2.24, 2.45) is 0 Å². The van der Waals surface area contributed by atoms with Gasteiger partial charge in [-0.25, -0.2) is 14.7 Å². The van der Waals surface area contributed by atoms with Gasteiger partial charge >= 0.3 is 6.03 Å². The molecule has 3 heterocycles. The largest absolute Gasteiger partial charge is 0.439 e. The van der Waals surface area contributed by atoms with Gasteiger partial charge in [0.25, 0.3) is 5.91 Å². The van der Waals surface area contributed by atoms with Crippen LogP contribution in [0.5, 0.6) is 11.6 Å². The molecule has 2 aliphatic heterocycles. The SMILES string of the molecule is CCC1(CC)OCc2ccc(Oc3ccc(N4C(=O)N[C@@H](C)C4=O)cn3)cc21.